The number of aromatic nitrogens is 5. The summed E-state index contributed by atoms with van der Waals surface area (Å²) in [6.07, 6.45) is -0.354. The number of aryl methyl sites for hydroxylation is 1. The van der Waals surface area contributed by atoms with Crippen LogP contribution in [0.25, 0.3) is 11.0 Å². The summed E-state index contributed by atoms with van der Waals surface area (Å²) in [5.74, 6) is 4.79. The molecule has 13 nitrogen and oxygen atoms in total. The predicted molar refractivity (Wildman–Crippen MR) is 165 cm³/mol. The molecule has 1 atom stereocenters. The third-order valence-electron chi connectivity index (χ3n) is 8.53. The van der Waals surface area contributed by atoms with Crippen LogP contribution in [-0.2, 0) is 33.1 Å². The topological polar surface area (TPSA) is 160 Å². The van der Waals surface area contributed by atoms with Crippen LogP contribution in [0.2, 0.25) is 0 Å². The summed E-state index contributed by atoms with van der Waals surface area (Å²) < 4.78 is 44.2. The van der Waals surface area contributed by atoms with Crippen molar-refractivity contribution in [2.24, 2.45) is 13.0 Å². The molecule has 3 aromatic heterocycles. The summed E-state index contributed by atoms with van der Waals surface area (Å²) in [6, 6.07) is 6.87. The molecule has 5 heterocycles. The number of carbonyl (C=O) groups excluding carboxylic acids is 3. The van der Waals surface area contributed by atoms with Crippen molar-refractivity contribution in [3.8, 4) is 17.9 Å². The summed E-state index contributed by atoms with van der Waals surface area (Å²) >= 11 is 0. The number of benzene rings is 1. The van der Waals surface area contributed by atoms with Crippen molar-refractivity contribution in [2.45, 2.75) is 44.4 Å². The lowest BCUT2D eigenvalue weighted by Gasteiger charge is -2.38. The van der Waals surface area contributed by atoms with Gasteiger partial charge in [-0.3, -0.25) is 33.5 Å². The van der Waals surface area contributed by atoms with E-state index in [9.17, 15) is 32.3 Å². The number of halogens is 3. The van der Waals surface area contributed by atoms with E-state index < -0.39 is 40.8 Å². The molecule has 4 aromatic rings. The van der Waals surface area contributed by atoms with Crippen LogP contribution in [0.15, 0.2) is 47.7 Å². The van der Waals surface area contributed by atoms with Gasteiger partial charge >= 0.3 is 11.9 Å². The molecule has 0 bridgehead atoms. The van der Waals surface area contributed by atoms with Gasteiger partial charge in [0, 0.05) is 38.4 Å². The molecule has 16 heteroatoms. The maximum atomic E-state index is 13.3. The van der Waals surface area contributed by atoms with E-state index >= 15 is 0 Å². The monoisotopic (exact) mass is 659 g/mol. The van der Waals surface area contributed by atoms with E-state index in [0.29, 0.717) is 35.8 Å². The van der Waals surface area contributed by atoms with E-state index in [1.165, 1.54) is 26.1 Å². The molecule has 2 aliphatic rings. The van der Waals surface area contributed by atoms with Gasteiger partial charge in [0.1, 0.15) is 17.6 Å². The lowest BCUT2D eigenvalue weighted by Crippen LogP contribution is -2.46. The third kappa shape index (κ3) is 5.77. The van der Waals surface area contributed by atoms with Crippen LogP contribution in [0.1, 0.15) is 49.6 Å². The average Bonchev–Trinajstić information content (AvgIpc) is 3.59. The fourth-order valence-electron chi connectivity index (χ4n) is 5.66. The van der Waals surface area contributed by atoms with Gasteiger partial charge < -0.3 is 10.2 Å². The lowest BCUT2D eigenvalue weighted by molar-refractivity contribution is -0.138. The molecule has 0 aliphatic carbocycles. The van der Waals surface area contributed by atoms with Crippen LogP contribution < -0.4 is 21.2 Å². The van der Waals surface area contributed by atoms with Gasteiger partial charge in [0.15, 0.2) is 5.69 Å². The number of pyridine rings is 1. The van der Waals surface area contributed by atoms with Crippen molar-refractivity contribution in [1.82, 2.24) is 29.2 Å². The molecule has 246 valence electrons. The Hall–Kier alpha value is -5.90. The molecule has 6 rings (SSSR count). The molecule has 0 radical (unpaired) electrons. The van der Waals surface area contributed by atoms with Gasteiger partial charge in [-0.15, -0.1) is 0 Å². The summed E-state index contributed by atoms with van der Waals surface area (Å²) in [4.78, 5) is 55.8. The first-order chi connectivity index (χ1) is 22.7. The minimum Gasteiger partial charge on any atom is -0.369 e. The van der Waals surface area contributed by atoms with Crippen LogP contribution >= 0.6 is 0 Å². The van der Waals surface area contributed by atoms with Gasteiger partial charge in [-0.2, -0.15) is 23.5 Å². The van der Waals surface area contributed by atoms with E-state index in [0.717, 1.165) is 11.9 Å². The first-order valence-electron chi connectivity index (χ1n) is 14.8. The molecule has 2 saturated heterocycles. The van der Waals surface area contributed by atoms with Crippen LogP contribution in [0.5, 0.6) is 0 Å². The Morgan fingerprint density at radius 1 is 1.10 bits per heavy atom. The Morgan fingerprint density at radius 2 is 1.85 bits per heavy atom. The normalized spacial score (nSPS) is 16.9. The number of nitrogens with zero attached hydrogens (tertiary/aromatic N) is 7. The second kappa shape index (κ2) is 11.7. The van der Waals surface area contributed by atoms with Crippen molar-refractivity contribution in [1.29, 1.82) is 5.26 Å². The largest absolute Gasteiger partial charge is 0.419 e. The zero-order valence-corrected chi connectivity index (χ0v) is 25.9. The Balaban J connectivity index is 1.10. The minimum atomic E-state index is -4.82. The number of amides is 3. The molecule has 2 N–H and O–H groups in total. The Kier molecular flexibility index (Phi) is 7.83. The molecular formula is C32H28F3N9O4. The lowest BCUT2D eigenvalue weighted by atomic mass is 9.99. The quantitative estimate of drug-likeness (QED) is 0.244. The Morgan fingerprint density at radius 3 is 2.54 bits per heavy atom. The van der Waals surface area contributed by atoms with Gasteiger partial charge in [-0.25, -0.2) is 9.78 Å². The first kappa shape index (κ1) is 32.1. The van der Waals surface area contributed by atoms with Gasteiger partial charge in [-0.05, 0) is 44.5 Å². The van der Waals surface area contributed by atoms with Crippen molar-refractivity contribution in [3.63, 3.8) is 0 Å². The number of imide groups is 1. The highest BCUT2D eigenvalue weighted by Crippen LogP contribution is 2.33. The highest BCUT2D eigenvalue weighted by molar-refractivity contribution is 6.00. The standard InChI is InChI=1S/C32H28F3N9O4/c1-31(2,29(47)39-20-10-22(32(33,34)35)23(12-36)37-14-20)43-17-18(13-38-43)4-5-19-15-42(16-19)21-6-7-24-26(11-21)41(3)30(48)44(24)25-8-9-27(45)40-28(25)46/h6-7,10-11,13-14,17,19,25H,8-9,15-16H2,1-3H3,(H,39,47)(H,40,45,46). The fraction of sp³-hybridized carbons (Fsp3) is 0.344. The Bertz CT molecular complexity index is 2150. The van der Waals surface area contributed by atoms with E-state index in [-0.39, 0.29) is 36.0 Å². The van der Waals surface area contributed by atoms with Crippen LogP contribution in [0.3, 0.4) is 0 Å². The molecule has 2 aliphatic heterocycles. The van der Waals surface area contributed by atoms with Crippen LogP contribution in [0.4, 0.5) is 24.5 Å². The number of piperidine rings is 1. The van der Waals surface area contributed by atoms with E-state index in [2.05, 4.69) is 37.5 Å². The molecule has 1 unspecified atom stereocenters. The van der Waals surface area contributed by atoms with Crippen molar-refractivity contribution < 1.29 is 27.6 Å². The summed E-state index contributed by atoms with van der Waals surface area (Å²) in [5, 5.41) is 17.9. The van der Waals surface area contributed by atoms with Gasteiger partial charge in [0.25, 0.3) is 5.91 Å². The van der Waals surface area contributed by atoms with E-state index in [4.69, 9.17) is 5.26 Å². The highest BCUT2D eigenvalue weighted by Gasteiger charge is 2.36. The average molecular weight is 660 g/mol. The number of nitrogens with one attached hydrogen (secondary N) is 2. The minimum absolute atomic E-state index is 0.0314. The molecule has 2 fully saturated rings. The second-order valence-corrected chi connectivity index (χ2v) is 12.1. The van der Waals surface area contributed by atoms with Crippen LogP contribution in [-0.4, -0.2) is 54.7 Å². The zero-order chi connectivity index (χ0) is 34.5. The van der Waals surface area contributed by atoms with Gasteiger partial charge in [0.05, 0.1) is 46.2 Å². The number of imidazole rings is 1. The van der Waals surface area contributed by atoms with Crippen molar-refractivity contribution in [3.05, 3.63) is 70.2 Å². The maximum absolute atomic E-state index is 13.3. The fourth-order valence-corrected chi connectivity index (χ4v) is 5.66. The predicted octanol–water partition coefficient (Wildman–Crippen LogP) is 2.66. The number of anilines is 2. The molecule has 1 aromatic carbocycles. The highest BCUT2D eigenvalue weighted by atomic mass is 19.4. The second-order valence-electron chi connectivity index (χ2n) is 12.1. The molecule has 0 spiro atoms. The summed E-state index contributed by atoms with van der Waals surface area (Å²) in [7, 11) is 1.64. The van der Waals surface area contributed by atoms with Crippen LogP contribution in [0, 0.1) is 29.1 Å². The number of nitriles is 1. The van der Waals surface area contributed by atoms with Crippen molar-refractivity contribution in [2.75, 3.05) is 23.3 Å². The molecular weight excluding hydrogens is 631 g/mol. The summed E-state index contributed by atoms with van der Waals surface area (Å²) in [6.45, 7) is 4.34. The number of alkyl halides is 3. The van der Waals surface area contributed by atoms with Gasteiger partial charge in [0.2, 0.25) is 11.8 Å². The van der Waals surface area contributed by atoms with Crippen molar-refractivity contribution >= 4 is 40.1 Å². The summed E-state index contributed by atoms with van der Waals surface area (Å²) in [5.41, 5.74) is -1.22. The number of hydrogen-bond donors (Lipinski definition) is 2. The van der Waals surface area contributed by atoms with E-state index in [1.54, 1.807) is 33.2 Å². The third-order valence-corrected chi connectivity index (χ3v) is 8.53. The first-order valence-corrected chi connectivity index (χ1v) is 14.8. The molecule has 0 saturated carbocycles. The molecule has 3 amide bonds. The SMILES string of the molecule is Cn1c(=O)n(C2CCC(=O)NC2=O)c2ccc(N3CC(C#Cc4cnn(C(C)(C)C(=O)Nc5cnc(C#N)c(C(F)(F)F)c5)c4)C3)cc21. The van der Waals surface area contributed by atoms with E-state index in [1.807, 2.05) is 12.1 Å². The van der Waals surface area contributed by atoms with Gasteiger partial charge in [-0.1, -0.05) is 11.8 Å². The Labute approximate surface area is 270 Å². The number of fused-ring (bicyclic) bond motifs is 1. The smallest absolute Gasteiger partial charge is 0.369 e. The number of rotatable bonds is 5. The number of hydrogen-bond acceptors (Lipinski definition) is 8. The number of carbonyl (C=O) groups is 3. The zero-order valence-electron chi connectivity index (χ0n) is 25.9. The maximum Gasteiger partial charge on any atom is 0.419 e. The molecule has 48 heavy (non-hydrogen) atoms.